The number of aryl methyl sites for hydroxylation is 1. The summed E-state index contributed by atoms with van der Waals surface area (Å²) in [5, 5.41) is 13.2. The molecule has 0 fully saturated rings. The van der Waals surface area contributed by atoms with Crippen LogP contribution in [0.4, 0.5) is 4.39 Å². The van der Waals surface area contributed by atoms with Gasteiger partial charge in [-0.2, -0.15) is 0 Å². The number of fused-ring (bicyclic) bond motifs is 1. The lowest BCUT2D eigenvalue weighted by atomic mass is 9.96. The number of aromatic hydroxyl groups is 1. The number of benzene rings is 1. The molecule has 2 N–H and O–H groups in total. The molecule has 2 amide bonds. The summed E-state index contributed by atoms with van der Waals surface area (Å²) in [6, 6.07) is 4.69. The second-order valence-electron chi connectivity index (χ2n) is 7.93. The van der Waals surface area contributed by atoms with E-state index in [1.165, 1.54) is 11.0 Å². The van der Waals surface area contributed by atoms with Crippen LogP contribution in [0.5, 0.6) is 5.75 Å². The van der Waals surface area contributed by atoms with E-state index in [0.717, 1.165) is 5.56 Å². The summed E-state index contributed by atoms with van der Waals surface area (Å²) in [4.78, 5) is 40.3. The summed E-state index contributed by atoms with van der Waals surface area (Å²) in [6.45, 7) is 6.23. The quantitative estimate of drug-likeness (QED) is 0.739. The van der Waals surface area contributed by atoms with Crippen molar-refractivity contribution in [1.29, 1.82) is 0 Å². The largest absolute Gasteiger partial charge is 0.503 e. The normalized spacial score (nSPS) is 14.9. The number of rotatable bonds is 6. The fourth-order valence-corrected chi connectivity index (χ4v) is 4.02. The average molecular weight is 429 g/mol. The molecule has 8 heteroatoms. The van der Waals surface area contributed by atoms with E-state index in [1.807, 2.05) is 6.92 Å². The van der Waals surface area contributed by atoms with Crippen LogP contribution in [0.2, 0.25) is 0 Å². The van der Waals surface area contributed by atoms with Crippen molar-refractivity contribution in [3.05, 3.63) is 62.3 Å². The summed E-state index contributed by atoms with van der Waals surface area (Å²) in [5.41, 5.74) is 0.382. The first-order valence-corrected chi connectivity index (χ1v) is 10.5. The lowest BCUT2D eigenvalue weighted by Crippen LogP contribution is -2.35. The van der Waals surface area contributed by atoms with Crippen LogP contribution in [-0.4, -0.2) is 40.0 Å². The van der Waals surface area contributed by atoms with Crippen LogP contribution in [-0.2, 0) is 13.1 Å². The highest BCUT2D eigenvalue weighted by molar-refractivity contribution is 5.99. The van der Waals surface area contributed by atoms with Crippen LogP contribution in [0.25, 0.3) is 0 Å². The maximum Gasteiger partial charge on any atom is 0.274 e. The van der Waals surface area contributed by atoms with E-state index in [4.69, 9.17) is 0 Å². The molecule has 0 radical (unpaired) electrons. The zero-order chi connectivity index (χ0) is 22.9. The Hall–Kier alpha value is -3.16. The lowest BCUT2D eigenvalue weighted by Gasteiger charge is -2.22. The Morgan fingerprint density at radius 1 is 1.32 bits per heavy atom. The Morgan fingerprint density at radius 3 is 2.65 bits per heavy atom. The molecule has 0 bridgehead atoms. The summed E-state index contributed by atoms with van der Waals surface area (Å²) in [6.07, 6.45) is 1.33. The van der Waals surface area contributed by atoms with Crippen molar-refractivity contribution in [2.45, 2.75) is 52.6 Å². The molecule has 1 atom stereocenters. The van der Waals surface area contributed by atoms with Crippen LogP contribution in [0.3, 0.4) is 0 Å². The molecule has 2 aromatic rings. The highest BCUT2D eigenvalue weighted by atomic mass is 19.1. The Kier molecular flexibility index (Phi) is 6.48. The minimum absolute atomic E-state index is 0.0820. The predicted molar refractivity (Wildman–Crippen MR) is 115 cm³/mol. The zero-order valence-electron chi connectivity index (χ0n) is 18.3. The fourth-order valence-electron chi connectivity index (χ4n) is 4.02. The minimum Gasteiger partial charge on any atom is -0.503 e. The van der Waals surface area contributed by atoms with Gasteiger partial charge in [-0.15, -0.1) is 0 Å². The number of pyridine rings is 1. The summed E-state index contributed by atoms with van der Waals surface area (Å²) in [5.74, 6) is -2.42. The van der Waals surface area contributed by atoms with Crippen molar-refractivity contribution in [2.24, 2.45) is 0 Å². The van der Waals surface area contributed by atoms with E-state index in [2.05, 4.69) is 5.32 Å². The van der Waals surface area contributed by atoms with Crippen molar-refractivity contribution in [2.75, 3.05) is 13.6 Å². The molecule has 7 nitrogen and oxygen atoms in total. The molecule has 0 saturated carbocycles. The topological polar surface area (TPSA) is 91.6 Å². The SMILES string of the molecule is CC[C@H]1CCn2c(C(=O)N(C)CC)c(O)c(=O)c(C(=O)NCc3ccc(C)cc3F)c21. The van der Waals surface area contributed by atoms with Crippen molar-refractivity contribution in [3.8, 4) is 5.75 Å². The number of hydrogen-bond donors (Lipinski definition) is 2. The molecular formula is C23H28FN3O4. The molecule has 31 heavy (non-hydrogen) atoms. The second-order valence-corrected chi connectivity index (χ2v) is 7.93. The van der Waals surface area contributed by atoms with E-state index < -0.39 is 28.8 Å². The lowest BCUT2D eigenvalue weighted by molar-refractivity contribution is 0.0785. The maximum atomic E-state index is 14.1. The number of nitrogens with one attached hydrogen (secondary N) is 1. The highest BCUT2D eigenvalue weighted by Crippen LogP contribution is 2.35. The van der Waals surface area contributed by atoms with Gasteiger partial charge >= 0.3 is 0 Å². The molecule has 166 valence electrons. The van der Waals surface area contributed by atoms with Crippen LogP contribution < -0.4 is 10.7 Å². The molecule has 0 aliphatic carbocycles. The molecule has 2 heterocycles. The van der Waals surface area contributed by atoms with Gasteiger partial charge in [-0.3, -0.25) is 14.4 Å². The second kappa shape index (κ2) is 8.91. The van der Waals surface area contributed by atoms with Gasteiger partial charge in [0, 0.05) is 43.9 Å². The molecule has 1 aliphatic heterocycles. The Bertz CT molecular complexity index is 1090. The Balaban J connectivity index is 2.05. The molecule has 1 aromatic carbocycles. The number of aromatic nitrogens is 1. The van der Waals surface area contributed by atoms with Gasteiger partial charge in [0.25, 0.3) is 11.8 Å². The Labute approximate surface area is 180 Å². The molecule has 0 spiro atoms. The molecule has 0 unspecified atom stereocenters. The number of nitrogens with zero attached hydrogens (tertiary/aromatic N) is 2. The van der Waals surface area contributed by atoms with Gasteiger partial charge in [0.1, 0.15) is 11.4 Å². The van der Waals surface area contributed by atoms with Crippen molar-refractivity contribution in [3.63, 3.8) is 0 Å². The van der Waals surface area contributed by atoms with E-state index in [9.17, 15) is 23.9 Å². The van der Waals surface area contributed by atoms with Crippen LogP contribution in [0.1, 0.15) is 70.3 Å². The summed E-state index contributed by atoms with van der Waals surface area (Å²) < 4.78 is 15.7. The van der Waals surface area contributed by atoms with E-state index in [0.29, 0.717) is 37.2 Å². The summed E-state index contributed by atoms with van der Waals surface area (Å²) >= 11 is 0. The Morgan fingerprint density at radius 2 is 2.03 bits per heavy atom. The van der Waals surface area contributed by atoms with Gasteiger partial charge in [0.2, 0.25) is 5.43 Å². The molecule has 0 saturated heterocycles. The van der Waals surface area contributed by atoms with E-state index in [-0.39, 0.29) is 23.7 Å². The summed E-state index contributed by atoms with van der Waals surface area (Å²) in [7, 11) is 1.59. The smallest absolute Gasteiger partial charge is 0.274 e. The highest BCUT2D eigenvalue weighted by Gasteiger charge is 2.35. The molecule has 1 aromatic heterocycles. The maximum absolute atomic E-state index is 14.1. The third kappa shape index (κ3) is 4.06. The van der Waals surface area contributed by atoms with Gasteiger partial charge in [-0.05, 0) is 38.3 Å². The molecule has 1 aliphatic rings. The fraction of sp³-hybridized carbons (Fsp3) is 0.435. The number of carbonyl (C=O) groups is 2. The minimum atomic E-state index is -0.874. The first-order chi connectivity index (χ1) is 14.7. The van der Waals surface area contributed by atoms with Crippen LogP contribution in [0.15, 0.2) is 23.0 Å². The van der Waals surface area contributed by atoms with Crippen LogP contribution in [0, 0.1) is 12.7 Å². The third-order valence-corrected chi connectivity index (χ3v) is 5.96. The number of carbonyl (C=O) groups excluding carboxylic acids is 2. The van der Waals surface area contributed by atoms with Crippen molar-refractivity contribution in [1.82, 2.24) is 14.8 Å². The van der Waals surface area contributed by atoms with Gasteiger partial charge in [-0.25, -0.2) is 4.39 Å². The standard InChI is InChI=1S/C23H28FN3O4/c1-5-14-9-10-27-18(14)17(20(28)21(29)19(27)23(31)26(4)6-2)22(30)25-12-15-8-7-13(3)11-16(15)24/h7-8,11,14,29H,5-6,9-10,12H2,1-4H3,(H,25,30)/t14-/m0/s1. The first-order valence-electron chi connectivity index (χ1n) is 10.5. The average Bonchev–Trinajstić information content (AvgIpc) is 3.16. The van der Waals surface area contributed by atoms with Gasteiger partial charge in [-0.1, -0.05) is 19.1 Å². The van der Waals surface area contributed by atoms with Crippen molar-refractivity contribution < 1.29 is 19.1 Å². The molecule has 3 rings (SSSR count). The first kappa shape index (κ1) is 22.5. The number of amides is 2. The zero-order valence-corrected chi connectivity index (χ0v) is 18.3. The van der Waals surface area contributed by atoms with E-state index in [1.54, 1.807) is 37.6 Å². The monoisotopic (exact) mass is 429 g/mol. The number of hydrogen-bond acceptors (Lipinski definition) is 4. The van der Waals surface area contributed by atoms with Gasteiger partial charge in [0.05, 0.1) is 0 Å². The van der Waals surface area contributed by atoms with Gasteiger partial charge < -0.3 is 19.9 Å². The van der Waals surface area contributed by atoms with Crippen LogP contribution >= 0.6 is 0 Å². The predicted octanol–water partition coefficient (Wildman–Crippen LogP) is 2.92. The number of halogens is 1. The molecular weight excluding hydrogens is 401 g/mol. The van der Waals surface area contributed by atoms with Gasteiger partial charge in [0.15, 0.2) is 11.4 Å². The third-order valence-electron chi connectivity index (χ3n) is 5.96. The van der Waals surface area contributed by atoms with Crippen molar-refractivity contribution >= 4 is 11.8 Å². The van der Waals surface area contributed by atoms with E-state index >= 15 is 0 Å².